The van der Waals surface area contributed by atoms with Gasteiger partial charge in [-0.2, -0.15) is 0 Å². The van der Waals surface area contributed by atoms with Crippen LogP contribution in [0.4, 0.5) is 0 Å². The van der Waals surface area contributed by atoms with Crippen molar-refractivity contribution in [1.29, 1.82) is 0 Å². The summed E-state index contributed by atoms with van der Waals surface area (Å²) in [6, 6.07) is 43.9. The second-order valence-electron chi connectivity index (χ2n) is 10.9. The third-order valence-electron chi connectivity index (χ3n) is 8.51. The van der Waals surface area contributed by atoms with Gasteiger partial charge in [-0.05, 0) is 67.6 Å². The van der Waals surface area contributed by atoms with Crippen molar-refractivity contribution in [3.8, 4) is 56.0 Å². The van der Waals surface area contributed by atoms with Gasteiger partial charge >= 0.3 is 0 Å². The molecule has 8 rings (SSSR count). The first-order valence-electron chi connectivity index (χ1n) is 13.3. The van der Waals surface area contributed by atoms with Gasteiger partial charge < -0.3 is 4.74 Å². The first-order valence-corrected chi connectivity index (χ1v) is 13.3. The normalized spacial score (nSPS) is 13.9. The summed E-state index contributed by atoms with van der Waals surface area (Å²) >= 11 is 0. The molecule has 0 atom stereocenters. The Kier molecular flexibility index (Phi) is 4.35. The first kappa shape index (κ1) is 21.5. The quantitative estimate of drug-likeness (QED) is 0.236. The molecular weight excluding hydrogens is 460 g/mol. The van der Waals surface area contributed by atoms with Crippen LogP contribution in [0.2, 0.25) is 0 Å². The van der Waals surface area contributed by atoms with Gasteiger partial charge in [-0.15, -0.1) is 0 Å². The molecule has 180 valence electrons. The lowest BCUT2D eigenvalue weighted by molar-refractivity contribution is 0.487. The van der Waals surface area contributed by atoms with E-state index < -0.39 is 0 Å². The van der Waals surface area contributed by atoms with Crippen molar-refractivity contribution < 1.29 is 4.74 Å². The topological polar surface area (TPSA) is 9.23 Å². The van der Waals surface area contributed by atoms with Crippen LogP contribution >= 0.6 is 0 Å². The molecular formula is C37H26O. The second-order valence-corrected chi connectivity index (χ2v) is 10.9. The lowest BCUT2D eigenvalue weighted by Gasteiger charge is -2.22. The highest BCUT2D eigenvalue weighted by molar-refractivity contribution is 6.10. The highest BCUT2D eigenvalue weighted by atomic mass is 16.5. The fourth-order valence-electron chi connectivity index (χ4n) is 6.66. The summed E-state index contributed by atoms with van der Waals surface area (Å²) in [5.41, 5.74) is 12.9. The smallest absolute Gasteiger partial charge is 0.135 e. The van der Waals surface area contributed by atoms with Gasteiger partial charge in [0, 0.05) is 16.4 Å². The predicted molar refractivity (Wildman–Crippen MR) is 158 cm³/mol. The zero-order chi connectivity index (χ0) is 25.4. The molecule has 0 fully saturated rings. The molecule has 2 aliphatic rings. The number of hydrogen-bond donors (Lipinski definition) is 0. The van der Waals surface area contributed by atoms with E-state index in [9.17, 15) is 0 Å². The molecule has 1 aliphatic carbocycles. The van der Waals surface area contributed by atoms with Gasteiger partial charge in [-0.3, -0.25) is 0 Å². The average molecular weight is 487 g/mol. The van der Waals surface area contributed by atoms with Crippen molar-refractivity contribution in [2.45, 2.75) is 19.3 Å². The molecule has 0 radical (unpaired) electrons. The number of rotatable bonds is 2. The van der Waals surface area contributed by atoms with Crippen molar-refractivity contribution >= 4 is 10.8 Å². The summed E-state index contributed by atoms with van der Waals surface area (Å²) < 4.78 is 6.31. The van der Waals surface area contributed by atoms with Crippen LogP contribution in [0.25, 0.3) is 55.3 Å². The molecule has 0 N–H and O–H groups in total. The lowest BCUT2D eigenvalue weighted by Crippen LogP contribution is -2.14. The monoisotopic (exact) mass is 486 g/mol. The van der Waals surface area contributed by atoms with Crippen LogP contribution in [0.1, 0.15) is 25.0 Å². The Morgan fingerprint density at radius 1 is 0.447 bits per heavy atom. The molecule has 0 saturated carbocycles. The van der Waals surface area contributed by atoms with Crippen LogP contribution in [0.15, 0.2) is 121 Å². The number of ether oxygens (including phenoxy) is 1. The van der Waals surface area contributed by atoms with Gasteiger partial charge in [0.2, 0.25) is 0 Å². The Bertz CT molecular complexity index is 1910. The molecule has 1 heteroatoms. The molecule has 1 heterocycles. The number of para-hydroxylation sites is 1. The van der Waals surface area contributed by atoms with Gasteiger partial charge in [0.05, 0.1) is 0 Å². The summed E-state index contributed by atoms with van der Waals surface area (Å²) in [4.78, 5) is 0. The van der Waals surface area contributed by atoms with Crippen molar-refractivity contribution in [2.75, 3.05) is 0 Å². The highest BCUT2D eigenvalue weighted by Gasteiger charge is 2.36. The molecule has 6 aromatic carbocycles. The Labute approximate surface area is 223 Å². The molecule has 0 saturated heterocycles. The van der Waals surface area contributed by atoms with E-state index in [1.807, 2.05) is 12.1 Å². The third-order valence-corrected chi connectivity index (χ3v) is 8.51. The van der Waals surface area contributed by atoms with E-state index in [0.29, 0.717) is 0 Å². The van der Waals surface area contributed by atoms with Crippen molar-refractivity contribution in [3.05, 3.63) is 132 Å². The summed E-state index contributed by atoms with van der Waals surface area (Å²) in [6.07, 6.45) is 0. The molecule has 38 heavy (non-hydrogen) atoms. The number of fused-ring (bicyclic) bond motifs is 5. The second kappa shape index (κ2) is 7.69. The van der Waals surface area contributed by atoms with Crippen LogP contribution in [0.3, 0.4) is 0 Å². The van der Waals surface area contributed by atoms with Crippen LogP contribution in [-0.2, 0) is 5.41 Å². The SMILES string of the molecule is CC1(C)c2ccccc2-c2c(-c3ccc(-c4ccc5c6c(cccc46)-c4ccccc4O5)cc3)cccc21. The van der Waals surface area contributed by atoms with E-state index in [4.69, 9.17) is 4.74 Å². The summed E-state index contributed by atoms with van der Waals surface area (Å²) in [5.74, 6) is 1.85. The van der Waals surface area contributed by atoms with Crippen LogP contribution in [0, 0.1) is 0 Å². The highest BCUT2D eigenvalue weighted by Crippen LogP contribution is 2.52. The van der Waals surface area contributed by atoms with E-state index in [0.717, 1.165) is 17.1 Å². The number of benzene rings is 6. The van der Waals surface area contributed by atoms with Crippen LogP contribution in [0.5, 0.6) is 11.5 Å². The molecule has 0 unspecified atom stereocenters. The lowest BCUT2D eigenvalue weighted by atomic mass is 9.82. The van der Waals surface area contributed by atoms with Crippen molar-refractivity contribution in [1.82, 2.24) is 0 Å². The average Bonchev–Trinajstić information content (AvgIpc) is 3.20. The van der Waals surface area contributed by atoms with E-state index in [1.54, 1.807) is 0 Å². The Morgan fingerprint density at radius 2 is 1.08 bits per heavy atom. The fourth-order valence-corrected chi connectivity index (χ4v) is 6.66. The van der Waals surface area contributed by atoms with Crippen LogP contribution in [-0.4, -0.2) is 0 Å². The third kappa shape index (κ3) is 2.87. The number of hydrogen-bond acceptors (Lipinski definition) is 1. The van der Waals surface area contributed by atoms with E-state index >= 15 is 0 Å². The molecule has 0 bridgehead atoms. The summed E-state index contributed by atoms with van der Waals surface area (Å²) in [7, 11) is 0. The van der Waals surface area contributed by atoms with Gasteiger partial charge in [-0.25, -0.2) is 0 Å². The predicted octanol–water partition coefficient (Wildman–Crippen LogP) is 10.3. The van der Waals surface area contributed by atoms with E-state index in [2.05, 4.69) is 123 Å². The minimum absolute atomic E-state index is 0.00587. The molecule has 6 aromatic rings. The zero-order valence-corrected chi connectivity index (χ0v) is 21.5. The Morgan fingerprint density at radius 3 is 1.92 bits per heavy atom. The molecule has 0 aromatic heterocycles. The minimum Gasteiger partial charge on any atom is -0.456 e. The van der Waals surface area contributed by atoms with E-state index in [1.165, 1.54) is 60.8 Å². The summed E-state index contributed by atoms with van der Waals surface area (Å²) in [6.45, 7) is 4.68. The maximum atomic E-state index is 6.31. The molecule has 1 nitrogen and oxygen atoms in total. The van der Waals surface area contributed by atoms with Gasteiger partial charge in [0.25, 0.3) is 0 Å². The maximum absolute atomic E-state index is 6.31. The fraction of sp³-hybridized carbons (Fsp3) is 0.0811. The molecule has 0 amide bonds. The van der Waals surface area contributed by atoms with Crippen molar-refractivity contribution in [3.63, 3.8) is 0 Å². The van der Waals surface area contributed by atoms with E-state index in [-0.39, 0.29) is 5.41 Å². The first-order chi connectivity index (χ1) is 18.6. The van der Waals surface area contributed by atoms with Gasteiger partial charge in [-0.1, -0.05) is 123 Å². The molecule has 0 spiro atoms. The van der Waals surface area contributed by atoms with Crippen molar-refractivity contribution in [2.24, 2.45) is 0 Å². The van der Waals surface area contributed by atoms with Crippen LogP contribution < -0.4 is 4.74 Å². The van der Waals surface area contributed by atoms with Gasteiger partial charge in [0.1, 0.15) is 11.5 Å². The maximum Gasteiger partial charge on any atom is 0.135 e. The Balaban J connectivity index is 1.26. The molecule has 1 aliphatic heterocycles. The standard InChI is InChI=1S/C37H26O/c1-37(2)31-14-5-3-10-30(31)35-26(11-8-15-32(35)37)24-19-17-23(18-20-24)25-21-22-34-36-28(25)12-7-13-29(36)27-9-4-6-16-33(27)38-34/h3-22H,1-2H3. The zero-order valence-electron chi connectivity index (χ0n) is 21.5. The summed E-state index contributed by atoms with van der Waals surface area (Å²) in [5, 5.41) is 2.41. The van der Waals surface area contributed by atoms with Gasteiger partial charge in [0.15, 0.2) is 0 Å². The Hall–Kier alpha value is -4.62. The minimum atomic E-state index is 0.00587. The largest absolute Gasteiger partial charge is 0.456 e.